The number of nitrogen functional groups attached to an aromatic ring is 1. The maximum Gasteiger partial charge on any atom is 0.180 e. The summed E-state index contributed by atoms with van der Waals surface area (Å²) in [6.45, 7) is 4.17. The summed E-state index contributed by atoms with van der Waals surface area (Å²) in [5, 5.41) is 2.62. The van der Waals surface area contributed by atoms with Crippen LogP contribution in [0.1, 0.15) is 11.1 Å². The molecule has 80 valence electrons. The quantitative estimate of drug-likeness (QED) is 0.801. The van der Waals surface area contributed by atoms with Gasteiger partial charge in [0.1, 0.15) is 0 Å². The molecule has 1 aromatic carbocycles. The van der Waals surface area contributed by atoms with Crippen molar-refractivity contribution >= 4 is 16.5 Å². The van der Waals surface area contributed by atoms with E-state index in [1.54, 1.807) is 0 Å². The van der Waals surface area contributed by atoms with E-state index in [0.29, 0.717) is 5.13 Å². The van der Waals surface area contributed by atoms with Crippen LogP contribution in [0.25, 0.3) is 11.3 Å². The molecule has 0 saturated heterocycles. The molecule has 4 heteroatoms. The van der Waals surface area contributed by atoms with Crippen molar-refractivity contribution in [1.82, 2.24) is 4.98 Å². The van der Waals surface area contributed by atoms with Crippen LogP contribution in [0.5, 0.6) is 0 Å². The molecule has 2 N–H and O–H groups in total. The van der Waals surface area contributed by atoms with Gasteiger partial charge in [0.15, 0.2) is 5.13 Å². The molecule has 0 bridgehead atoms. The first-order valence-corrected chi connectivity index (χ1v) is 5.33. The van der Waals surface area contributed by atoms with Crippen molar-refractivity contribution in [3.63, 3.8) is 0 Å². The summed E-state index contributed by atoms with van der Waals surface area (Å²) in [5.41, 5.74) is 10.3. The molecule has 0 aliphatic carbocycles. The Balaban J connectivity index is 0.00000112. The van der Waals surface area contributed by atoms with E-state index in [1.165, 1.54) is 28.0 Å². The van der Waals surface area contributed by atoms with E-state index in [4.69, 9.17) is 5.73 Å². The maximum absolute atomic E-state index is 5.61. The molecule has 15 heavy (non-hydrogen) atoms. The van der Waals surface area contributed by atoms with Gasteiger partial charge in [0.25, 0.3) is 0 Å². The van der Waals surface area contributed by atoms with Gasteiger partial charge in [0, 0.05) is 10.9 Å². The van der Waals surface area contributed by atoms with Gasteiger partial charge in [-0.25, -0.2) is 4.98 Å². The van der Waals surface area contributed by atoms with Gasteiger partial charge < -0.3 is 22.7 Å². The molecule has 1 heterocycles. The fourth-order valence-corrected chi connectivity index (χ4v) is 1.99. The molecule has 0 radical (unpaired) electrons. The number of aromatic nitrogens is 1. The fourth-order valence-electron chi connectivity index (χ4n) is 1.42. The average molecular weight is 284 g/mol. The number of benzene rings is 1. The van der Waals surface area contributed by atoms with Crippen LogP contribution in [0.3, 0.4) is 0 Å². The Hall–Kier alpha value is -0.870. The molecule has 2 nitrogen and oxygen atoms in total. The summed E-state index contributed by atoms with van der Waals surface area (Å²) in [7, 11) is 0. The smallest absolute Gasteiger partial charge is 0.180 e. The molecule has 2 rings (SSSR count). The molecule has 0 aliphatic rings. The van der Waals surface area contributed by atoms with E-state index >= 15 is 0 Å². The van der Waals surface area contributed by atoms with E-state index < -0.39 is 0 Å². The second-order valence-electron chi connectivity index (χ2n) is 3.39. The highest BCUT2D eigenvalue weighted by atomic mass is 79.9. The topological polar surface area (TPSA) is 38.9 Å². The Morgan fingerprint density at radius 2 is 2.00 bits per heavy atom. The van der Waals surface area contributed by atoms with Gasteiger partial charge in [0.2, 0.25) is 0 Å². The third-order valence-electron chi connectivity index (χ3n) is 2.19. The Bertz CT molecular complexity index is 465. The monoisotopic (exact) mass is 283 g/mol. The Kier molecular flexibility index (Phi) is 3.88. The first-order valence-electron chi connectivity index (χ1n) is 4.45. The van der Waals surface area contributed by atoms with Gasteiger partial charge in [-0.1, -0.05) is 17.7 Å². The third-order valence-corrected chi connectivity index (χ3v) is 2.86. The first kappa shape index (κ1) is 12.2. The lowest BCUT2D eigenvalue weighted by Gasteiger charge is -2.03. The highest BCUT2D eigenvalue weighted by Gasteiger charge is 2.05. The Morgan fingerprint density at radius 1 is 1.27 bits per heavy atom. The zero-order valence-electron chi connectivity index (χ0n) is 8.62. The van der Waals surface area contributed by atoms with Crippen LogP contribution in [0.4, 0.5) is 5.13 Å². The molecule has 0 saturated carbocycles. The SMILES string of the molecule is Cc1ccc(C)c(-c2csc(N)n2)c1.[Br-]. The molecular formula is C11H12BrN2S-. The van der Waals surface area contributed by atoms with Crippen molar-refractivity contribution in [1.29, 1.82) is 0 Å². The Labute approximate surface area is 104 Å². The largest absolute Gasteiger partial charge is 1.00 e. The van der Waals surface area contributed by atoms with E-state index in [0.717, 1.165) is 5.69 Å². The lowest BCUT2D eigenvalue weighted by Crippen LogP contribution is -3.00. The van der Waals surface area contributed by atoms with E-state index in [2.05, 4.69) is 37.0 Å². The molecule has 0 aliphatic heterocycles. The fraction of sp³-hybridized carbons (Fsp3) is 0.182. The summed E-state index contributed by atoms with van der Waals surface area (Å²) >= 11 is 1.48. The lowest BCUT2D eigenvalue weighted by atomic mass is 10.0. The van der Waals surface area contributed by atoms with Crippen LogP contribution in [-0.4, -0.2) is 4.98 Å². The number of thiazole rings is 1. The maximum atomic E-state index is 5.61. The summed E-state index contributed by atoms with van der Waals surface area (Å²) < 4.78 is 0. The molecule has 0 atom stereocenters. The molecule has 0 amide bonds. The van der Waals surface area contributed by atoms with Crippen molar-refractivity contribution < 1.29 is 17.0 Å². The predicted octanol–water partition coefficient (Wildman–Crippen LogP) is 0.0131. The number of hydrogen-bond acceptors (Lipinski definition) is 3. The number of anilines is 1. The highest BCUT2D eigenvalue weighted by molar-refractivity contribution is 7.13. The number of rotatable bonds is 1. The second-order valence-corrected chi connectivity index (χ2v) is 4.28. The first-order chi connectivity index (χ1) is 6.66. The number of halogens is 1. The molecule has 1 aromatic heterocycles. The van der Waals surface area contributed by atoms with Gasteiger partial charge in [-0.15, -0.1) is 11.3 Å². The van der Waals surface area contributed by atoms with Crippen LogP contribution >= 0.6 is 11.3 Å². The predicted molar refractivity (Wildman–Crippen MR) is 61.4 cm³/mol. The van der Waals surface area contributed by atoms with Gasteiger partial charge in [-0.2, -0.15) is 0 Å². The van der Waals surface area contributed by atoms with Crippen LogP contribution in [0.2, 0.25) is 0 Å². The summed E-state index contributed by atoms with van der Waals surface area (Å²) in [5.74, 6) is 0. The Morgan fingerprint density at radius 3 is 2.60 bits per heavy atom. The second kappa shape index (κ2) is 4.77. The van der Waals surface area contributed by atoms with Crippen molar-refractivity contribution in [3.05, 3.63) is 34.7 Å². The van der Waals surface area contributed by atoms with E-state index in [1.807, 2.05) is 5.38 Å². The third kappa shape index (κ3) is 2.58. The number of aryl methyl sites for hydroxylation is 2. The van der Waals surface area contributed by atoms with Crippen molar-refractivity contribution in [3.8, 4) is 11.3 Å². The number of nitrogens with zero attached hydrogens (tertiary/aromatic N) is 1. The van der Waals surface area contributed by atoms with Crippen LogP contribution in [0.15, 0.2) is 23.6 Å². The minimum atomic E-state index is 0. The normalized spacial score (nSPS) is 9.73. The van der Waals surface area contributed by atoms with E-state index in [9.17, 15) is 0 Å². The molecular weight excluding hydrogens is 272 g/mol. The van der Waals surface area contributed by atoms with Gasteiger partial charge in [-0.05, 0) is 25.5 Å². The molecule has 0 unspecified atom stereocenters. The highest BCUT2D eigenvalue weighted by Crippen LogP contribution is 2.26. The molecule has 2 aromatic rings. The van der Waals surface area contributed by atoms with Crippen molar-refractivity contribution in [2.75, 3.05) is 5.73 Å². The number of hydrogen-bond donors (Lipinski definition) is 1. The van der Waals surface area contributed by atoms with Crippen LogP contribution < -0.4 is 22.7 Å². The lowest BCUT2D eigenvalue weighted by molar-refractivity contribution is -0.00000299. The standard InChI is InChI=1S/C11H12N2S.BrH/c1-7-3-4-8(2)9(5-7)10-6-14-11(12)13-10;/h3-6H,1-2H3,(H2,12,13);1H/p-1. The van der Waals surface area contributed by atoms with Gasteiger partial charge in [-0.3, -0.25) is 0 Å². The molecule has 0 fully saturated rings. The van der Waals surface area contributed by atoms with E-state index in [-0.39, 0.29) is 17.0 Å². The van der Waals surface area contributed by atoms with Gasteiger partial charge in [0.05, 0.1) is 5.69 Å². The molecule has 0 spiro atoms. The minimum absolute atomic E-state index is 0. The zero-order valence-corrected chi connectivity index (χ0v) is 11.0. The van der Waals surface area contributed by atoms with Crippen LogP contribution in [-0.2, 0) is 0 Å². The average Bonchev–Trinajstić information content (AvgIpc) is 2.56. The summed E-state index contributed by atoms with van der Waals surface area (Å²) in [6, 6.07) is 6.36. The summed E-state index contributed by atoms with van der Waals surface area (Å²) in [6.07, 6.45) is 0. The number of nitrogens with two attached hydrogens (primary N) is 1. The van der Waals surface area contributed by atoms with Crippen molar-refractivity contribution in [2.24, 2.45) is 0 Å². The van der Waals surface area contributed by atoms with Crippen LogP contribution in [0, 0.1) is 13.8 Å². The summed E-state index contributed by atoms with van der Waals surface area (Å²) in [4.78, 5) is 4.28. The minimum Gasteiger partial charge on any atom is -1.00 e. The van der Waals surface area contributed by atoms with Gasteiger partial charge >= 0.3 is 0 Å². The zero-order chi connectivity index (χ0) is 10.1. The van der Waals surface area contributed by atoms with Crippen molar-refractivity contribution in [2.45, 2.75) is 13.8 Å².